The second kappa shape index (κ2) is 6.84. The van der Waals surface area contributed by atoms with Gasteiger partial charge in [-0.25, -0.2) is 0 Å². The first-order valence-corrected chi connectivity index (χ1v) is 6.33. The highest BCUT2D eigenvalue weighted by atomic mass is 16.5. The van der Waals surface area contributed by atoms with Gasteiger partial charge in [-0.05, 0) is 17.7 Å². The lowest BCUT2D eigenvalue weighted by atomic mass is 10.1. The Morgan fingerprint density at radius 3 is 2.45 bits per heavy atom. The van der Waals surface area contributed by atoms with Crippen molar-refractivity contribution in [3.63, 3.8) is 0 Å². The Bertz CT molecular complexity index is 596. The highest BCUT2D eigenvalue weighted by molar-refractivity contribution is 6.05. The summed E-state index contributed by atoms with van der Waals surface area (Å²) in [6, 6.07) is 14.5. The second-order valence-corrected chi connectivity index (χ2v) is 4.36. The standard InChI is InChI=1S/C16H17NO3/c1-20-11-13-7-2-4-8-14(13)16(19)17-15-9-5-3-6-12(15)10-18/h2-9,18H,10-11H2,1H3,(H,17,19). The normalized spacial score (nSPS) is 10.3. The number of aliphatic hydroxyl groups is 1. The number of carbonyl (C=O) groups excluding carboxylic acids is 1. The fourth-order valence-electron chi connectivity index (χ4n) is 1.99. The Kier molecular flexibility index (Phi) is 4.87. The molecule has 0 fully saturated rings. The molecule has 0 aliphatic heterocycles. The lowest BCUT2D eigenvalue weighted by molar-refractivity contribution is 0.102. The minimum absolute atomic E-state index is 0.115. The van der Waals surface area contributed by atoms with Gasteiger partial charge in [0.2, 0.25) is 0 Å². The summed E-state index contributed by atoms with van der Waals surface area (Å²) in [5, 5.41) is 12.1. The molecule has 0 bridgehead atoms. The van der Waals surface area contributed by atoms with E-state index in [0.717, 1.165) is 5.56 Å². The molecule has 0 radical (unpaired) electrons. The van der Waals surface area contributed by atoms with Crippen molar-refractivity contribution in [3.05, 3.63) is 65.2 Å². The predicted octanol–water partition coefficient (Wildman–Crippen LogP) is 2.58. The summed E-state index contributed by atoms with van der Waals surface area (Å²) in [5.74, 6) is -0.210. The fourth-order valence-corrected chi connectivity index (χ4v) is 1.99. The summed E-state index contributed by atoms with van der Waals surface area (Å²) in [6.07, 6.45) is 0. The Balaban J connectivity index is 2.24. The predicted molar refractivity (Wildman–Crippen MR) is 77.5 cm³/mol. The zero-order valence-corrected chi connectivity index (χ0v) is 11.3. The lowest BCUT2D eigenvalue weighted by Crippen LogP contribution is -2.15. The molecular weight excluding hydrogens is 254 g/mol. The SMILES string of the molecule is COCc1ccccc1C(=O)Nc1ccccc1CO. The Morgan fingerprint density at radius 1 is 1.10 bits per heavy atom. The summed E-state index contributed by atoms with van der Waals surface area (Å²) in [7, 11) is 1.59. The molecule has 0 aromatic heterocycles. The molecule has 0 heterocycles. The molecule has 0 atom stereocenters. The monoisotopic (exact) mass is 271 g/mol. The number of hydrogen-bond donors (Lipinski definition) is 2. The van der Waals surface area contributed by atoms with Crippen LogP contribution in [0.5, 0.6) is 0 Å². The molecule has 4 heteroatoms. The van der Waals surface area contributed by atoms with E-state index in [1.807, 2.05) is 30.3 Å². The maximum atomic E-state index is 12.3. The molecule has 104 valence electrons. The van der Waals surface area contributed by atoms with E-state index in [0.29, 0.717) is 23.4 Å². The molecule has 4 nitrogen and oxygen atoms in total. The molecular formula is C16H17NO3. The van der Waals surface area contributed by atoms with Crippen molar-refractivity contribution in [1.82, 2.24) is 0 Å². The molecule has 0 saturated heterocycles. The van der Waals surface area contributed by atoms with Gasteiger partial charge in [0.15, 0.2) is 0 Å². The molecule has 0 spiro atoms. The summed E-state index contributed by atoms with van der Waals surface area (Å²) in [6.45, 7) is 0.265. The van der Waals surface area contributed by atoms with E-state index in [4.69, 9.17) is 4.74 Å². The smallest absolute Gasteiger partial charge is 0.256 e. The van der Waals surface area contributed by atoms with Crippen LogP contribution in [0.3, 0.4) is 0 Å². The van der Waals surface area contributed by atoms with E-state index in [2.05, 4.69) is 5.32 Å². The molecule has 2 N–H and O–H groups in total. The van der Waals surface area contributed by atoms with Gasteiger partial charge >= 0.3 is 0 Å². The van der Waals surface area contributed by atoms with Gasteiger partial charge in [-0.2, -0.15) is 0 Å². The number of hydrogen-bond acceptors (Lipinski definition) is 3. The number of ether oxygens (including phenoxy) is 1. The van der Waals surface area contributed by atoms with Crippen molar-refractivity contribution in [1.29, 1.82) is 0 Å². The van der Waals surface area contributed by atoms with Crippen LogP contribution in [-0.4, -0.2) is 18.1 Å². The van der Waals surface area contributed by atoms with Gasteiger partial charge < -0.3 is 15.2 Å². The summed E-state index contributed by atoms with van der Waals surface area (Å²) in [4.78, 5) is 12.3. The molecule has 2 aromatic rings. The molecule has 0 aliphatic carbocycles. The number of anilines is 1. The molecule has 1 amide bonds. The van der Waals surface area contributed by atoms with Crippen molar-refractivity contribution >= 4 is 11.6 Å². The maximum absolute atomic E-state index is 12.3. The average Bonchev–Trinajstić information content (AvgIpc) is 2.48. The molecule has 2 aromatic carbocycles. The van der Waals surface area contributed by atoms with Crippen molar-refractivity contribution in [2.24, 2.45) is 0 Å². The summed E-state index contributed by atoms with van der Waals surface area (Å²) >= 11 is 0. The van der Waals surface area contributed by atoms with Crippen molar-refractivity contribution in [3.8, 4) is 0 Å². The van der Waals surface area contributed by atoms with Crippen molar-refractivity contribution in [2.45, 2.75) is 13.2 Å². The Labute approximate surface area is 118 Å². The third-order valence-corrected chi connectivity index (χ3v) is 3.00. The van der Waals surface area contributed by atoms with Gasteiger partial charge in [0.05, 0.1) is 13.2 Å². The van der Waals surface area contributed by atoms with Crippen LogP contribution < -0.4 is 5.32 Å². The minimum atomic E-state index is -0.210. The van der Waals surface area contributed by atoms with Gasteiger partial charge in [0, 0.05) is 23.9 Å². The highest BCUT2D eigenvalue weighted by Gasteiger charge is 2.12. The van der Waals surface area contributed by atoms with Crippen LogP contribution in [0.15, 0.2) is 48.5 Å². The quantitative estimate of drug-likeness (QED) is 0.878. The van der Waals surface area contributed by atoms with Crippen LogP contribution >= 0.6 is 0 Å². The van der Waals surface area contributed by atoms with Crippen LogP contribution in [0.2, 0.25) is 0 Å². The number of methoxy groups -OCH3 is 1. The van der Waals surface area contributed by atoms with Gasteiger partial charge in [-0.15, -0.1) is 0 Å². The van der Waals surface area contributed by atoms with Crippen LogP contribution in [0.1, 0.15) is 21.5 Å². The maximum Gasteiger partial charge on any atom is 0.256 e. The lowest BCUT2D eigenvalue weighted by Gasteiger charge is -2.11. The molecule has 20 heavy (non-hydrogen) atoms. The Morgan fingerprint density at radius 2 is 1.75 bits per heavy atom. The number of carbonyl (C=O) groups is 1. The number of benzene rings is 2. The van der Waals surface area contributed by atoms with E-state index in [-0.39, 0.29) is 12.5 Å². The largest absolute Gasteiger partial charge is 0.392 e. The van der Waals surface area contributed by atoms with Gasteiger partial charge in [-0.3, -0.25) is 4.79 Å². The summed E-state index contributed by atoms with van der Waals surface area (Å²) in [5.41, 5.74) is 2.70. The van der Waals surface area contributed by atoms with Crippen LogP contribution in [0.25, 0.3) is 0 Å². The number of para-hydroxylation sites is 1. The first-order valence-electron chi connectivity index (χ1n) is 6.33. The number of aliphatic hydroxyl groups excluding tert-OH is 1. The molecule has 0 saturated carbocycles. The first kappa shape index (κ1) is 14.2. The van der Waals surface area contributed by atoms with Crippen LogP contribution in [0.4, 0.5) is 5.69 Å². The van der Waals surface area contributed by atoms with Crippen molar-refractivity contribution < 1.29 is 14.6 Å². The number of nitrogens with one attached hydrogen (secondary N) is 1. The van der Waals surface area contributed by atoms with E-state index < -0.39 is 0 Å². The minimum Gasteiger partial charge on any atom is -0.392 e. The number of amides is 1. The van der Waals surface area contributed by atoms with Gasteiger partial charge in [-0.1, -0.05) is 36.4 Å². The zero-order chi connectivity index (χ0) is 14.4. The van der Waals surface area contributed by atoms with E-state index >= 15 is 0 Å². The molecule has 2 rings (SSSR count). The van der Waals surface area contributed by atoms with Crippen LogP contribution in [-0.2, 0) is 18.0 Å². The van der Waals surface area contributed by atoms with Gasteiger partial charge in [0.1, 0.15) is 0 Å². The van der Waals surface area contributed by atoms with Crippen molar-refractivity contribution in [2.75, 3.05) is 12.4 Å². The topological polar surface area (TPSA) is 58.6 Å². The van der Waals surface area contributed by atoms with E-state index in [1.165, 1.54) is 0 Å². The second-order valence-electron chi connectivity index (χ2n) is 4.36. The highest BCUT2D eigenvalue weighted by Crippen LogP contribution is 2.17. The fraction of sp³-hybridized carbons (Fsp3) is 0.188. The zero-order valence-electron chi connectivity index (χ0n) is 11.3. The van der Waals surface area contributed by atoms with E-state index in [9.17, 15) is 9.90 Å². The van der Waals surface area contributed by atoms with Gasteiger partial charge in [0.25, 0.3) is 5.91 Å². The first-order chi connectivity index (χ1) is 9.76. The van der Waals surface area contributed by atoms with E-state index in [1.54, 1.807) is 25.3 Å². The molecule has 0 unspecified atom stereocenters. The van der Waals surface area contributed by atoms with Crippen LogP contribution in [0, 0.1) is 0 Å². The molecule has 0 aliphatic rings. The number of rotatable bonds is 5. The average molecular weight is 271 g/mol. The summed E-state index contributed by atoms with van der Waals surface area (Å²) < 4.78 is 5.09. The third kappa shape index (κ3) is 3.23. The third-order valence-electron chi connectivity index (χ3n) is 3.00. The Hall–Kier alpha value is -2.17.